The molecule has 0 spiro atoms. The van der Waals surface area contributed by atoms with Crippen molar-refractivity contribution in [3.63, 3.8) is 0 Å². The third-order valence-corrected chi connectivity index (χ3v) is 5.76. The van der Waals surface area contributed by atoms with Crippen LogP contribution in [0.4, 0.5) is 0 Å². The molecule has 2 aliphatic heterocycles. The minimum atomic E-state index is -0.487. The number of hydrogen-bond acceptors (Lipinski definition) is 4. The van der Waals surface area contributed by atoms with Crippen LogP contribution in [0.2, 0.25) is 0 Å². The van der Waals surface area contributed by atoms with Crippen molar-refractivity contribution in [1.29, 1.82) is 0 Å². The number of nitrogens with zero attached hydrogens (tertiary/aromatic N) is 2. The van der Waals surface area contributed by atoms with E-state index < -0.39 is 6.04 Å². The Balaban J connectivity index is 1.72. The van der Waals surface area contributed by atoms with Gasteiger partial charge in [-0.05, 0) is 37.6 Å². The maximum absolute atomic E-state index is 13.2. The number of fused-ring (bicyclic) bond motifs is 1. The van der Waals surface area contributed by atoms with Crippen molar-refractivity contribution in [3.05, 3.63) is 0 Å². The zero-order valence-electron chi connectivity index (χ0n) is 17.1. The van der Waals surface area contributed by atoms with Crippen LogP contribution in [0.1, 0.15) is 53.4 Å². The van der Waals surface area contributed by atoms with E-state index in [9.17, 15) is 14.4 Å². The van der Waals surface area contributed by atoms with E-state index in [0.29, 0.717) is 13.1 Å². The lowest BCUT2D eigenvalue weighted by Crippen LogP contribution is -2.52. The minimum absolute atomic E-state index is 0.000103. The van der Waals surface area contributed by atoms with Crippen molar-refractivity contribution in [2.75, 3.05) is 26.2 Å². The van der Waals surface area contributed by atoms with Gasteiger partial charge < -0.3 is 15.5 Å². The summed E-state index contributed by atoms with van der Waals surface area (Å²) in [4.78, 5) is 41.1. The molecule has 0 radical (unpaired) electrons. The molecule has 7 nitrogen and oxygen atoms in total. The third-order valence-electron chi connectivity index (χ3n) is 5.76. The quantitative estimate of drug-likeness (QED) is 0.739. The van der Waals surface area contributed by atoms with E-state index in [4.69, 9.17) is 0 Å². The van der Waals surface area contributed by atoms with E-state index in [0.717, 1.165) is 38.8 Å². The average Bonchev–Trinajstić information content (AvgIpc) is 3.33. The molecular weight excluding hydrogens is 344 g/mol. The lowest BCUT2D eigenvalue weighted by atomic mass is 9.92. The summed E-state index contributed by atoms with van der Waals surface area (Å²) in [7, 11) is 0. The van der Waals surface area contributed by atoms with Crippen molar-refractivity contribution in [2.24, 2.45) is 11.3 Å². The van der Waals surface area contributed by atoms with E-state index >= 15 is 0 Å². The number of carbonyl (C=O) groups is 3. The summed E-state index contributed by atoms with van der Waals surface area (Å²) in [6.45, 7) is 11.0. The summed E-state index contributed by atoms with van der Waals surface area (Å²) in [5, 5.41) is 5.96. The smallest absolute Gasteiger partial charge is 0.246 e. The van der Waals surface area contributed by atoms with E-state index in [1.165, 1.54) is 6.92 Å². The third kappa shape index (κ3) is 5.43. The van der Waals surface area contributed by atoms with Crippen LogP contribution in [0.5, 0.6) is 0 Å². The number of nitrogens with one attached hydrogen (secondary N) is 2. The molecule has 3 atom stereocenters. The van der Waals surface area contributed by atoms with Crippen LogP contribution in [0.25, 0.3) is 0 Å². The summed E-state index contributed by atoms with van der Waals surface area (Å²) in [6.07, 6.45) is 3.67. The zero-order valence-corrected chi connectivity index (χ0v) is 17.1. The largest absolute Gasteiger partial charge is 0.352 e. The molecule has 0 aromatic carbocycles. The van der Waals surface area contributed by atoms with Gasteiger partial charge in [0.1, 0.15) is 6.04 Å². The Kier molecular flexibility index (Phi) is 5.79. The van der Waals surface area contributed by atoms with Crippen LogP contribution in [0.3, 0.4) is 0 Å². The summed E-state index contributed by atoms with van der Waals surface area (Å²) >= 11 is 0. The maximum atomic E-state index is 13.2. The molecule has 2 N–H and O–H groups in total. The highest BCUT2D eigenvalue weighted by Gasteiger charge is 2.43. The van der Waals surface area contributed by atoms with Crippen LogP contribution >= 0.6 is 0 Å². The molecule has 2 heterocycles. The molecule has 0 aromatic rings. The summed E-state index contributed by atoms with van der Waals surface area (Å²) in [5.41, 5.74) is 0.219. The Hall–Kier alpha value is -1.63. The highest BCUT2D eigenvalue weighted by Crippen LogP contribution is 2.30. The van der Waals surface area contributed by atoms with Crippen LogP contribution in [-0.2, 0) is 14.4 Å². The van der Waals surface area contributed by atoms with Gasteiger partial charge in [-0.2, -0.15) is 0 Å². The van der Waals surface area contributed by atoms with Gasteiger partial charge in [-0.3, -0.25) is 19.3 Å². The van der Waals surface area contributed by atoms with Gasteiger partial charge >= 0.3 is 0 Å². The molecule has 27 heavy (non-hydrogen) atoms. The van der Waals surface area contributed by atoms with Crippen LogP contribution in [0, 0.1) is 11.3 Å². The first-order chi connectivity index (χ1) is 12.6. The van der Waals surface area contributed by atoms with Crippen LogP contribution in [-0.4, -0.2) is 71.8 Å². The molecule has 0 aromatic heterocycles. The number of rotatable bonds is 5. The highest BCUT2D eigenvalue weighted by molar-refractivity contribution is 5.90. The van der Waals surface area contributed by atoms with Gasteiger partial charge in [-0.25, -0.2) is 0 Å². The predicted octanol–water partition coefficient (Wildman–Crippen LogP) is 0.739. The lowest BCUT2D eigenvalue weighted by molar-refractivity contribution is -0.136. The molecule has 7 heteroatoms. The number of carbonyl (C=O) groups excluding carboxylic acids is 3. The molecule has 3 fully saturated rings. The molecule has 2 saturated heterocycles. The molecule has 3 aliphatic rings. The monoisotopic (exact) mass is 378 g/mol. The SMILES string of the molecule is CC(=O)N[C@H]1C[C@H]2CN(CCC(C)(C)C)C[C@H](NC(=O)C3CC3)C(=O)N2C1. The second kappa shape index (κ2) is 7.78. The standard InChI is InChI=1S/C20H34N4O3/c1-13(25)21-15-9-16-11-23(8-7-20(2,3)4)12-17(19(27)24(16)10-15)22-18(26)14-5-6-14/h14-17H,5-12H2,1-4H3,(H,21,25)(H,22,26)/t15-,16-,17-/m0/s1. The van der Waals surface area contributed by atoms with Crippen molar-refractivity contribution in [1.82, 2.24) is 20.4 Å². The Morgan fingerprint density at radius 2 is 1.81 bits per heavy atom. The van der Waals surface area contributed by atoms with Crippen molar-refractivity contribution < 1.29 is 14.4 Å². The van der Waals surface area contributed by atoms with Crippen molar-refractivity contribution in [3.8, 4) is 0 Å². The van der Waals surface area contributed by atoms with E-state index in [2.05, 4.69) is 36.3 Å². The fourth-order valence-corrected chi connectivity index (χ4v) is 4.08. The first-order valence-corrected chi connectivity index (χ1v) is 10.2. The lowest BCUT2D eigenvalue weighted by Gasteiger charge is -2.28. The molecule has 1 saturated carbocycles. The van der Waals surface area contributed by atoms with E-state index in [1.807, 2.05) is 4.90 Å². The van der Waals surface area contributed by atoms with Gasteiger partial charge in [0.25, 0.3) is 0 Å². The number of hydrogen-bond donors (Lipinski definition) is 2. The summed E-state index contributed by atoms with van der Waals surface area (Å²) in [6, 6.07) is -0.393. The fraction of sp³-hybridized carbons (Fsp3) is 0.850. The molecule has 152 valence electrons. The number of amides is 3. The Bertz CT molecular complexity index is 597. The van der Waals surface area contributed by atoms with Gasteiger partial charge in [0.05, 0.1) is 0 Å². The van der Waals surface area contributed by atoms with Gasteiger partial charge in [-0.15, -0.1) is 0 Å². The van der Waals surface area contributed by atoms with Crippen molar-refractivity contribution in [2.45, 2.75) is 71.5 Å². The molecule has 3 amide bonds. The fourth-order valence-electron chi connectivity index (χ4n) is 4.08. The Morgan fingerprint density at radius 1 is 1.11 bits per heavy atom. The summed E-state index contributed by atoms with van der Waals surface area (Å²) < 4.78 is 0. The molecule has 0 bridgehead atoms. The molecule has 1 aliphatic carbocycles. The molecule has 0 unspecified atom stereocenters. The van der Waals surface area contributed by atoms with Gasteiger partial charge in [0, 0.05) is 44.6 Å². The predicted molar refractivity (Wildman–Crippen MR) is 103 cm³/mol. The normalized spacial score (nSPS) is 29.3. The van der Waals surface area contributed by atoms with Crippen LogP contribution < -0.4 is 10.6 Å². The summed E-state index contributed by atoms with van der Waals surface area (Å²) in [5.74, 6) is 0.0409. The second-order valence-corrected chi connectivity index (χ2v) is 9.68. The first-order valence-electron chi connectivity index (χ1n) is 10.2. The van der Waals surface area contributed by atoms with Crippen LogP contribution in [0.15, 0.2) is 0 Å². The molecule has 3 rings (SSSR count). The van der Waals surface area contributed by atoms with Crippen molar-refractivity contribution >= 4 is 17.7 Å². The first kappa shape index (κ1) is 20.1. The Morgan fingerprint density at radius 3 is 2.41 bits per heavy atom. The topological polar surface area (TPSA) is 81.8 Å². The average molecular weight is 379 g/mol. The van der Waals surface area contributed by atoms with Gasteiger partial charge in [0.15, 0.2) is 0 Å². The highest BCUT2D eigenvalue weighted by atomic mass is 16.2. The van der Waals surface area contributed by atoms with Gasteiger partial charge in [0.2, 0.25) is 17.7 Å². The zero-order chi connectivity index (χ0) is 19.8. The van der Waals surface area contributed by atoms with Gasteiger partial charge in [-0.1, -0.05) is 20.8 Å². The van der Waals surface area contributed by atoms with E-state index in [-0.39, 0.29) is 41.1 Å². The molecular formula is C20H34N4O3. The maximum Gasteiger partial charge on any atom is 0.246 e. The second-order valence-electron chi connectivity index (χ2n) is 9.68. The minimum Gasteiger partial charge on any atom is -0.352 e. The Labute approximate surface area is 162 Å². The van der Waals surface area contributed by atoms with E-state index in [1.54, 1.807) is 0 Å².